The van der Waals surface area contributed by atoms with Crippen LogP contribution in [0.25, 0.3) is 0 Å². The van der Waals surface area contributed by atoms with E-state index >= 15 is 0 Å². The molecule has 20 heavy (non-hydrogen) atoms. The lowest BCUT2D eigenvalue weighted by molar-refractivity contribution is -0.176. The zero-order valence-corrected chi connectivity index (χ0v) is 12.6. The molecule has 114 valence electrons. The van der Waals surface area contributed by atoms with Crippen LogP contribution in [0.5, 0.6) is 0 Å². The smallest absolute Gasteiger partial charge is 0.392 e. The average Bonchev–Trinajstić information content (AvgIpc) is 2.38. The maximum absolute atomic E-state index is 12.9. The Bertz CT molecular complexity index is 418. The average molecular weight is 329 g/mol. The lowest BCUT2D eigenvalue weighted by Crippen LogP contribution is -2.24. The Hall–Kier alpha value is -0.620. The Morgan fingerprint density at radius 1 is 1.55 bits per heavy atom. The standard InChI is InChI=1S/C13H16ClF3O2S/c1-3-19-12(18)10-8(2)7-9(13(15,16)17)5-4-6-20-11(10)14/h9H,2-7H2,1H3/b11-10+. The van der Waals surface area contributed by atoms with Gasteiger partial charge in [0.1, 0.15) is 0 Å². The predicted molar refractivity (Wildman–Crippen MR) is 74.5 cm³/mol. The molecule has 0 aromatic rings. The van der Waals surface area contributed by atoms with Gasteiger partial charge in [0, 0.05) is 0 Å². The second-order valence-corrected chi connectivity index (χ2v) is 6.11. The normalized spacial score (nSPS) is 25.6. The van der Waals surface area contributed by atoms with E-state index in [1.165, 1.54) is 0 Å². The third kappa shape index (κ3) is 4.74. The quantitative estimate of drug-likeness (QED) is 0.690. The molecule has 0 amide bonds. The summed E-state index contributed by atoms with van der Waals surface area (Å²) in [5.74, 6) is -1.78. The third-order valence-corrected chi connectivity index (χ3v) is 4.38. The first-order valence-electron chi connectivity index (χ1n) is 6.22. The first-order valence-corrected chi connectivity index (χ1v) is 7.58. The van der Waals surface area contributed by atoms with Crippen LogP contribution < -0.4 is 0 Å². The zero-order valence-electron chi connectivity index (χ0n) is 11.1. The van der Waals surface area contributed by atoms with Crippen molar-refractivity contribution in [3.05, 3.63) is 22.1 Å². The van der Waals surface area contributed by atoms with Crippen LogP contribution in [-0.4, -0.2) is 24.5 Å². The largest absolute Gasteiger partial charge is 0.462 e. The molecule has 0 aromatic heterocycles. The van der Waals surface area contributed by atoms with Crippen molar-refractivity contribution in [1.82, 2.24) is 0 Å². The van der Waals surface area contributed by atoms with Gasteiger partial charge < -0.3 is 4.74 Å². The Balaban J connectivity index is 3.03. The third-order valence-electron chi connectivity index (χ3n) is 2.91. The first-order chi connectivity index (χ1) is 9.27. The number of hydrogen-bond donors (Lipinski definition) is 0. The topological polar surface area (TPSA) is 26.3 Å². The molecule has 1 heterocycles. The Morgan fingerprint density at radius 3 is 2.75 bits per heavy atom. The highest BCUT2D eigenvalue weighted by Crippen LogP contribution is 2.40. The molecule has 1 rings (SSSR count). The maximum Gasteiger partial charge on any atom is 0.392 e. The summed E-state index contributed by atoms with van der Waals surface area (Å²) in [5, 5.41) is 0. The lowest BCUT2D eigenvalue weighted by atomic mass is 9.92. The van der Waals surface area contributed by atoms with Crippen LogP contribution >= 0.6 is 23.4 Å². The highest BCUT2D eigenvalue weighted by atomic mass is 35.5. The molecular weight excluding hydrogens is 313 g/mol. The number of esters is 1. The SMILES string of the molecule is C=C1CC(C(F)(F)F)CCCS/C(Cl)=C\1C(=O)OCC. The van der Waals surface area contributed by atoms with Gasteiger partial charge >= 0.3 is 12.1 Å². The molecule has 0 spiro atoms. The molecule has 0 aliphatic carbocycles. The van der Waals surface area contributed by atoms with E-state index in [9.17, 15) is 18.0 Å². The van der Waals surface area contributed by atoms with E-state index < -0.39 is 18.1 Å². The number of hydrogen-bond acceptors (Lipinski definition) is 3. The van der Waals surface area contributed by atoms with E-state index in [1.807, 2.05) is 0 Å². The number of ether oxygens (including phenoxy) is 1. The van der Waals surface area contributed by atoms with Crippen molar-refractivity contribution >= 4 is 29.3 Å². The summed E-state index contributed by atoms with van der Waals surface area (Å²) in [6, 6.07) is 0. The van der Waals surface area contributed by atoms with Crippen molar-refractivity contribution in [2.75, 3.05) is 12.4 Å². The van der Waals surface area contributed by atoms with Gasteiger partial charge in [-0.2, -0.15) is 13.2 Å². The highest BCUT2D eigenvalue weighted by Gasteiger charge is 2.40. The number of carbonyl (C=O) groups excluding carboxylic acids is 1. The predicted octanol–water partition coefficient (Wildman–Crippen LogP) is 4.65. The van der Waals surface area contributed by atoms with Gasteiger partial charge in [-0.15, -0.1) is 11.8 Å². The Labute approximate surface area is 125 Å². The first kappa shape index (κ1) is 17.4. The zero-order chi connectivity index (χ0) is 15.3. The molecule has 0 bridgehead atoms. The van der Waals surface area contributed by atoms with Gasteiger partial charge in [-0.3, -0.25) is 0 Å². The molecule has 7 heteroatoms. The summed E-state index contributed by atoms with van der Waals surface area (Å²) in [6.45, 7) is 5.35. The fourth-order valence-electron chi connectivity index (χ4n) is 1.91. The second kappa shape index (κ2) is 7.41. The second-order valence-electron chi connectivity index (χ2n) is 4.41. The molecule has 0 aromatic carbocycles. The number of alkyl halides is 3. The van der Waals surface area contributed by atoms with E-state index in [2.05, 4.69) is 6.58 Å². The minimum absolute atomic E-state index is 0.00972. The van der Waals surface area contributed by atoms with Crippen LogP contribution in [-0.2, 0) is 9.53 Å². The fraction of sp³-hybridized carbons (Fsp3) is 0.615. The van der Waals surface area contributed by atoms with Gasteiger partial charge in [0.25, 0.3) is 0 Å². The number of halogens is 4. The van der Waals surface area contributed by atoms with Gasteiger partial charge in [0.15, 0.2) is 0 Å². The summed E-state index contributed by atoms with van der Waals surface area (Å²) in [5.41, 5.74) is 0.0693. The van der Waals surface area contributed by atoms with E-state index in [1.54, 1.807) is 6.92 Å². The van der Waals surface area contributed by atoms with Gasteiger partial charge in [-0.1, -0.05) is 18.2 Å². The monoisotopic (exact) mass is 328 g/mol. The molecule has 0 saturated carbocycles. The summed E-state index contributed by atoms with van der Waals surface area (Å²) in [7, 11) is 0. The lowest BCUT2D eigenvalue weighted by Gasteiger charge is -2.21. The fourth-order valence-corrected chi connectivity index (χ4v) is 3.22. The minimum Gasteiger partial charge on any atom is -0.462 e. The molecule has 1 aliphatic heterocycles. The summed E-state index contributed by atoms with van der Waals surface area (Å²) >= 11 is 7.18. The number of thioether (sulfide) groups is 1. The van der Waals surface area contributed by atoms with Gasteiger partial charge in [0.05, 0.1) is 22.5 Å². The van der Waals surface area contributed by atoms with Crippen molar-refractivity contribution in [2.45, 2.75) is 32.4 Å². The summed E-state index contributed by atoms with van der Waals surface area (Å²) < 4.78 is 43.8. The van der Waals surface area contributed by atoms with Crippen molar-refractivity contribution < 1.29 is 22.7 Å². The van der Waals surface area contributed by atoms with Crippen LogP contribution in [0, 0.1) is 5.92 Å². The highest BCUT2D eigenvalue weighted by molar-refractivity contribution is 8.04. The van der Waals surface area contributed by atoms with Crippen molar-refractivity contribution in [3.63, 3.8) is 0 Å². The van der Waals surface area contributed by atoms with Crippen LogP contribution in [0.2, 0.25) is 0 Å². The molecule has 0 N–H and O–H groups in total. The summed E-state index contributed by atoms with van der Waals surface area (Å²) in [6.07, 6.45) is -4.23. The van der Waals surface area contributed by atoms with Crippen LogP contribution in [0.15, 0.2) is 22.1 Å². The van der Waals surface area contributed by atoms with E-state index in [0.29, 0.717) is 12.2 Å². The van der Waals surface area contributed by atoms with E-state index in [0.717, 1.165) is 11.8 Å². The summed E-state index contributed by atoms with van der Waals surface area (Å²) in [4.78, 5) is 11.8. The maximum atomic E-state index is 12.9. The minimum atomic E-state index is -4.30. The van der Waals surface area contributed by atoms with Crippen LogP contribution in [0.3, 0.4) is 0 Å². The molecule has 0 saturated heterocycles. The van der Waals surface area contributed by atoms with E-state index in [4.69, 9.17) is 16.3 Å². The van der Waals surface area contributed by atoms with E-state index in [-0.39, 0.29) is 35.0 Å². The van der Waals surface area contributed by atoms with Crippen LogP contribution in [0.4, 0.5) is 13.2 Å². The molecular formula is C13H16ClF3O2S. The van der Waals surface area contributed by atoms with Crippen molar-refractivity contribution in [2.24, 2.45) is 5.92 Å². The number of carbonyl (C=O) groups is 1. The number of rotatable bonds is 2. The molecule has 0 fully saturated rings. The molecule has 1 atom stereocenters. The van der Waals surface area contributed by atoms with Crippen molar-refractivity contribution in [1.29, 1.82) is 0 Å². The molecule has 2 nitrogen and oxygen atoms in total. The Kier molecular flexibility index (Phi) is 6.45. The van der Waals surface area contributed by atoms with Gasteiger partial charge in [-0.05, 0) is 37.5 Å². The Morgan fingerprint density at radius 2 is 2.20 bits per heavy atom. The molecule has 1 aliphatic rings. The van der Waals surface area contributed by atoms with Gasteiger partial charge in [-0.25, -0.2) is 4.79 Å². The van der Waals surface area contributed by atoms with Crippen molar-refractivity contribution in [3.8, 4) is 0 Å². The molecule has 1 unspecified atom stereocenters. The molecule has 0 radical (unpaired) electrons. The van der Waals surface area contributed by atoms with Crippen LogP contribution in [0.1, 0.15) is 26.2 Å². The van der Waals surface area contributed by atoms with Gasteiger partial charge in [0.2, 0.25) is 0 Å².